The summed E-state index contributed by atoms with van der Waals surface area (Å²) in [6, 6.07) is 6.45. The summed E-state index contributed by atoms with van der Waals surface area (Å²) in [5.41, 5.74) is 0.659. The maximum Gasteiger partial charge on any atom is 0.327 e. The lowest BCUT2D eigenvalue weighted by Gasteiger charge is -2.34. The van der Waals surface area contributed by atoms with Crippen molar-refractivity contribution in [3.63, 3.8) is 0 Å². The molecule has 0 aromatic heterocycles. The molecule has 1 fully saturated rings. The van der Waals surface area contributed by atoms with Gasteiger partial charge >= 0.3 is 5.97 Å². The van der Waals surface area contributed by atoms with Gasteiger partial charge < -0.3 is 4.74 Å². The third-order valence-corrected chi connectivity index (χ3v) is 4.30. The number of carbonyl (C=O) groups excluding carboxylic acids is 2. The number of piperidine rings is 1. The first-order chi connectivity index (χ1) is 9.54. The van der Waals surface area contributed by atoms with Gasteiger partial charge in [0.1, 0.15) is 6.04 Å². The molecule has 2 unspecified atom stereocenters. The van der Waals surface area contributed by atoms with E-state index < -0.39 is 12.0 Å². The lowest BCUT2D eigenvalue weighted by molar-refractivity contribution is -0.148. The number of thiol groups is 1. The highest BCUT2D eigenvalue weighted by Crippen LogP contribution is 2.30. The Morgan fingerprint density at radius 2 is 2.20 bits per heavy atom. The lowest BCUT2D eigenvalue weighted by atomic mass is 10.0. The molecule has 1 aliphatic heterocycles. The van der Waals surface area contributed by atoms with Gasteiger partial charge in [-0.3, -0.25) is 9.69 Å². The number of nitrogens with zero attached hydrogens (tertiary/aromatic N) is 1. The van der Waals surface area contributed by atoms with E-state index in [0.717, 1.165) is 0 Å². The molecule has 0 bridgehead atoms. The van der Waals surface area contributed by atoms with Crippen molar-refractivity contribution in [1.29, 1.82) is 0 Å². The number of benzene rings is 1. The maximum atomic E-state index is 12.1. The zero-order chi connectivity index (χ0) is 14.7. The number of halogens is 1. The van der Waals surface area contributed by atoms with Gasteiger partial charge in [-0.1, -0.05) is 29.8 Å². The Bertz CT molecular complexity index is 523. The molecular weight excluding hydrogens is 298 g/mol. The molecule has 2 atom stereocenters. The molecule has 1 aliphatic rings. The van der Waals surface area contributed by atoms with Crippen LogP contribution in [0.15, 0.2) is 24.3 Å². The number of hydrogen-bond donors (Lipinski definition) is 1. The molecule has 0 aliphatic carbocycles. The first-order valence-electron chi connectivity index (χ1n) is 6.31. The third kappa shape index (κ3) is 3.16. The van der Waals surface area contributed by atoms with E-state index >= 15 is 0 Å². The molecule has 0 saturated carbocycles. The molecule has 2 rings (SSSR count). The topological polar surface area (TPSA) is 46.6 Å². The Labute approximate surface area is 128 Å². The summed E-state index contributed by atoms with van der Waals surface area (Å²) >= 11 is 10.4. The third-order valence-electron chi connectivity index (χ3n) is 3.41. The monoisotopic (exact) mass is 313 g/mol. The fourth-order valence-electron chi connectivity index (χ4n) is 2.34. The second-order valence-electron chi connectivity index (χ2n) is 4.69. The van der Waals surface area contributed by atoms with Gasteiger partial charge in [-0.25, -0.2) is 4.79 Å². The molecule has 1 aromatic rings. The van der Waals surface area contributed by atoms with E-state index in [1.165, 1.54) is 7.11 Å². The van der Waals surface area contributed by atoms with Crippen molar-refractivity contribution in [1.82, 2.24) is 4.90 Å². The number of methoxy groups -OCH3 is 1. The highest BCUT2D eigenvalue weighted by molar-refractivity contribution is 7.81. The summed E-state index contributed by atoms with van der Waals surface area (Å²) in [7, 11) is 1.33. The van der Waals surface area contributed by atoms with E-state index in [9.17, 15) is 9.59 Å². The fourth-order valence-corrected chi connectivity index (χ4v) is 2.77. The molecule has 108 valence electrons. The number of ether oxygens (including phenoxy) is 1. The van der Waals surface area contributed by atoms with E-state index in [0.29, 0.717) is 23.6 Å². The highest BCUT2D eigenvalue weighted by atomic mass is 35.5. The number of rotatable bonds is 3. The predicted octanol–water partition coefficient (Wildman–Crippen LogP) is 2.13. The summed E-state index contributed by atoms with van der Waals surface area (Å²) in [5.74, 6) is -0.399. The first kappa shape index (κ1) is 15.4. The Balaban J connectivity index is 2.32. The van der Waals surface area contributed by atoms with Gasteiger partial charge in [-0.2, -0.15) is 12.6 Å². The standard InChI is InChI=1S/C14H16ClNO3S/c1-19-14(18)13(9-4-2-3-5-10(9)15)16-7-6-12(20)11(17)8-16/h2-5,12-13,20H,6-8H2,1H3. The van der Waals surface area contributed by atoms with E-state index in [1.807, 2.05) is 6.07 Å². The van der Waals surface area contributed by atoms with Gasteiger partial charge in [0.25, 0.3) is 0 Å². The molecule has 0 radical (unpaired) electrons. The summed E-state index contributed by atoms with van der Waals surface area (Å²) in [6.45, 7) is 0.782. The van der Waals surface area contributed by atoms with Gasteiger partial charge in [0.05, 0.1) is 18.9 Å². The van der Waals surface area contributed by atoms with Crippen LogP contribution in [0.5, 0.6) is 0 Å². The second-order valence-corrected chi connectivity index (χ2v) is 5.72. The molecule has 0 amide bonds. The van der Waals surface area contributed by atoms with Gasteiger partial charge in [0.2, 0.25) is 0 Å². The van der Waals surface area contributed by atoms with Crippen LogP contribution in [0, 0.1) is 0 Å². The van der Waals surface area contributed by atoms with Crippen molar-refractivity contribution in [2.45, 2.75) is 17.7 Å². The van der Waals surface area contributed by atoms with Crippen LogP contribution < -0.4 is 0 Å². The van der Waals surface area contributed by atoms with E-state index in [2.05, 4.69) is 12.6 Å². The largest absolute Gasteiger partial charge is 0.468 e. The second kappa shape index (κ2) is 6.61. The molecule has 0 spiro atoms. The number of esters is 1. The van der Waals surface area contributed by atoms with Crippen molar-refractivity contribution >= 4 is 36.0 Å². The minimum absolute atomic E-state index is 0.0144. The molecule has 4 nitrogen and oxygen atoms in total. The van der Waals surface area contributed by atoms with Crippen molar-refractivity contribution in [3.8, 4) is 0 Å². The normalized spacial score (nSPS) is 21.6. The van der Waals surface area contributed by atoms with Crippen LogP contribution in [-0.4, -0.2) is 42.1 Å². The number of Topliss-reactive ketones (excluding diaryl/α,β-unsaturated/α-hetero) is 1. The summed E-state index contributed by atoms with van der Waals surface area (Å²) in [4.78, 5) is 25.7. The Kier molecular flexibility index (Phi) is 5.07. The number of likely N-dealkylation sites (tertiary alicyclic amines) is 1. The zero-order valence-corrected chi connectivity index (χ0v) is 12.7. The van der Waals surface area contributed by atoms with Crippen LogP contribution >= 0.6 is 24.2 Å². The Morgan fingerprint density at radius 3 is 2.80 bits per heavy atom. The lowest BCUT2D eigenvalue weighted by Crippen LogP contribution is -2.46. The van der Waals surface area contributed by atoms with Gasteiger partial charge in [-0.15, -0.1) is 0 Å². The van der Waals surface area contributed by atoms with Crippen LogP contribution in [0.1, 0.15) is 18.0 Å². The van der Waals surface area contributed by atoms with Crippen LogP contribution in [0.3, 0.4) is 0 Å². The van der Waals surface area contributed by atoms with Gasteiger partial charge in [0, 0.05) is 11.6 Å². The zero-order valence-electron chi connectivity index (χ0n) is 11.1. The van der Waals surface area contributed by atoms with Crippen LogP contribution in [0.2, 0.25) is 5.02 Å². The molecule has 1 aromatic carbocycles. The minimum Gasteiger partial charge on any atom is -0.468 e. The van der Waals surface area contributed by atoms with Crippen molar-refractivity contribution < 1.29 is 14.3 Å². The molecule has 1 heterocycles. The summed E-state index contributed by atoms with van der Waals surface area (Å²) < 4.78 is 4.87. The number of ketones is 1. The maximum absolute atomic E-state index is 12.1. The van der Waals surface area contributed by atoms with Gasteiger partial charge in [0.15, 0.2) is 5.78 Å². The fraction of sp³-hybridized carbons (Fsp3) is 0.429. The van der Waals surface area contributed by atoms with E-state index in [1.54, 1.807) is 23.1 Å². The Morgan fingerprint density at radius 1 is 1.50 bits per heavy atom. The summed E-state index contributed by atoms with van der Waals surface area (Å²) in [6.07, 6.45) is 0.611. The Hall–Kier alpha value is -1.04. The minimum atomic E-state index is -0.654. The van der Waals surface area contributed by atoms with Gasteiger partial charge in [-0.05, 0) is 18.1 Å². The van der Waals surface area contributed by atoms with E-state index in [4.69, 9.17) is 16.3 Å². The average Bonchev–Trinajstić information content (AvgIpc) is 2.44. The van der Waals surface area contributed by atoms with Crippen molar-refractivity contribution in [3.05, 3.63) is 34.9 Å². The smallest absolute Gasteiger partial charge is 0.327 e. The van der Waals surface area contributed by atoms with E-state index in [-0.39, 0.29) is 17.6 Å². The average molecular weight is 314 g/mol. The summed E-state index contributed by atoms with van der Waals surface area (Å²) in [5, 5.41) is 0.235. The SMILES string of the molecule is COC(=O)C(c1ccccc1Cl)N1CCC(S)C(=O)C1. The molecule has 6 heteroatoms. The van der Waals surface area contributed by atoms with Crippen molar-refractivity contribution in [2.24, 2.45) is 0 Å². The molecule has 20 heavy (non-hydrogen) atoms. The van der Waals surface area contributed by atoms with Crippen LogP contribution in [0.25, 0.3) is 0 Å². The molecule has 0 N–H and O–H groups in total. The molecular formula is C14H16ClNO3S. The predicted molar refractivity (Wildman–Crippen MR) is 80.2 cm³/mol. The van der Waals surface area contributed by atoms with Crippen molar-refractivity contribution in [2.75, 3.05) is 20.2 Å². The first-order valence-corrected chi connectivity index (χ1v) is 7.21. The number of hydrogen-bond acceptors (Lipinski definition) is 5. The highest BCUT2D eigenvalue weighted by Gasteiger charge is 2.35. The number of carbonyl (C=O) groups is 2. The molecule has 1 saturated heterocycles. The van der Waals surface area contributed by atoms with Crippen LogP contribution in [-0.2, 0) is 14.3 Å². The van der Waals surface area contributed by atoms with Crippen LogP contribution in [0.4, 0.5) is 0 Å². The quantitative estimate of drug-likeness (QED) is 0.686.